The predicted octanol–water partition coefficient (Wildman–Crippen LogP) is 26.7. The summed E-state index contributed by atoms with van der Waals surface area (Å²) in [6, 6.07) is 0. The van der Waals surface area contributed by atoms with Crippen molar-refractivity contribution in [2.75, 3.05) is 0 Å². The maximum absolute atomic E-state index is 3.95. The second-order valence-electron chi connectivity index (χ2n) is 24.8. The second kappa shape index (κ2) is 63.3. The minimum absolute atomic E-state index is 0.808. The summed E-state index contributed by atoms with van der Waals surface area (Å²) in [7, 11) is 0. The molecule has 0 aromatic rings. The van der Waals surface area contributed by atoms with Crippen molar-refractivity contribution in [1.29, 1.82) is 0 Å². The van der Waals surface area contributed by atoms with Gasteiger partial charge in [-0.3, -0.25) is 0 Å². The van der Waals surface area contributed by atoms with E-state index in [0.717, 1.165) is 24.2 Å². The van der Waals surface area contributed by atoms with Crippen LogP contribution >= 0.6 is 0 Å². The van der Waals surface area contributed by atoms with Crippen LogP contribution in [0.1, 0.15) is 419 Å². The van der Waals surface area contributed by atoms with Gasteiger partial charge in [0, 0.05) is 0 Å². The molecule has 0 aliphatic heterocycles. The smallest absolute Gasteiger partial charge is 0.0389 e. The first-order chi connectivity index (χ1) is 34.6. The zero-order valence-corrected chi connectivity index (χ0v) is 50.2. The van der Waals surface area contributed by atoms with Crippen LogP contribution in [0.15, 0.2) is 0 Å². The van der Waals surface area contributed by atoms with Gasteiger partial charge < -0.3 is 0 Å². The summed E-state index contributed by atoms with van der Waals surface area (Å²) in [5.74, 6) is 2.71. The van der Waals surface area contributed by atoms with E-state index in [4.69, 9.17) is 0 Å². The largest absolute Gasteiger partial charge is 0.0625 e. The molecular formula is C70H140. The van der Waals surface area contributed by atoms with Crippen molar-refractivity contribution in [3.63, 3.8) is 0 Å². The maximum atomic E-state index is 3.95. The van der Waals surface area contributed by atoms with E-state index in [1.54, 1.807) is 0 Å². The summed E-state index contributed by atoms with van der Waals surface area (Å²) in [4.78, 5) is 0. The fourth-order valence-corrected chi connectivity index (χ4v) is 11.7. The third-order valence-corrected chi connectivity index (χ3v) is 17.3. The molecule has 3 unspecified atom stereocenters. The second-order valence-corrected chi connectivity index (χ2v) is 24.8. The fourth-order valence-electron chi connectivity index (χ4n) is 11.7. The molecule has 0 aromatic heterocycles. The topological polar surface area (TPSA) is 0 Å². The summed E-state index contributed by atoms with van der Waals surface area (Å²) in [6.07, 6.45) is 92.3. The van der Waals surface area contributed by atoms with Gasteiger partial charge in [0.25, 0.3) is 0 Å². The van der Waals surface area contributed by atoms with Crippen molar-refractivity contribution in [3.05, 3.63) is 13.3 Å². The highest BCUT2D eigenvalue weighted by Gasteiger charge is 2.06. The zero-order chi connectivity index (χ0) is 50.6. The van der Waals surface area contributed by atoms with E-state index < -0.39 is 0 Å². The molecule has 2 radical (unpaired) electrons. The third kappa shape index (κ3) is 62.3. The first kappa shape index (κ1) is 70.0. The van der Waals surface area contributed by atoms with Gasteiger partial charge in [0.15, 0.2) is 0 Å². The normalized spacial score (nSPS) is 13.2. The highest BCUT2D eigenvalue weighted by Crippen LogP contribution is 2.23. The van der Waals surface area contributed by atoms with Gasteiger partial charge in [-0.1, -0.05) is 426 Å². The lowest BCUT2D eigenvalue weighted by atomic mass is 9.93. The van der Waals surface area contributed by atoms with Gasteiger partial charge in [0.1, 0.15) is 0 Å². The molecule has 0 N–H and O–H groups in total. The lowest BCUT2D eigenvalue weighted by molar-refractivity contribution is 0.420. The quantitative estimate of drug-likeness (QED) is 0.0533. The van der Waals surface area contributed by atoms with Gasteiger partial charge >= 0.3 is 0 Å². The molecule has 0 heterocycles. The molecule has 0 heteroatoms. The highest BCUT2D eigenvalue weighted by molar-refractivity contribution is 4.67. The van der Waals surface area contributed by atoms with E-state index in [9.17, 15) is 0 Å². The van der Waals surface area contributed by atoms with E-state index in [-0.39, 0.29) is 0 Å². The van der Waals surface area contributed by atoms with E-state index in [1.165, 1.54) is 385 Å². The number of hydrogen-bond donors (Lipinski definition) is 0. The van der Waals surface area contributed by atoms with E-state index in [1.807, 2.05) is 0 Å². The number of hydrogen-bond acceptors (Lipinski definition) is 0. The average molecular weight is 982 g/mol. The highest BCUT2D eigenvalue weighted by atomic mass is 14.1. The van der Waals surface area contributed by atoms with E-state index in [2.05, 4.69) is 41.0 Å². The van der Waals surface area contributed by atoms with Crippen LogP contribution < -0.4 is 0 Å². The molecule has 0 rings (SSSR count). The molecule has 0 bridgehead atoms. The lowest BCUT2D eigenvalue weighted by Gasteiger charge is -2.13. The molecule has 0 saturated carbocycles. The predicted molar refractivity (Wildman–Crippen MR) is 324 cm³/mol. The van der Waals surface area contributed by atoms with Gasteiger partial charge in [-0.25, -0.2) is 0 Å². The Morgan fingerprint density at radius 2 is 0.343 bits per heavy atom. The molecule has 0 nitrogen and oxygen atoms in total. The van der Waals surface area contributed by atoms with Crippen LogP contribution in [0.5, 0.6) is 0 Å². The molecule has 0 spiro atoms. The van der Waals surface area contributed by atoms with Crippen LogP contribution in [0.2, 0.25) is 0 Å². The molecule has 70 heavy (non-hydrogen) atoms. The van der Waals surface area contributed by atoms with Gasteiger partial charge in [-0.2, -0.15) is 0 Å². The Labute approximate surface area is 448 Å². The summed E-state index contributed by atoms with van der Waals surface area (Å²) < 4.78 is 0. The van der Waals surface area contributed by atoms with Gasteiger partial charge in [0.05, 0.1) is 0 Å². The zero-order valence-electron chi connectivity index (χ0n) is 50.2. The van der Waals surface area contributed by atoms with E-state index >= 15 is 0 Å². The minimum atomic E-state index is 0.808. The molecule has 0 saturated heterocycles. The van der Waals surface area contributed by atoms with Crippen LogP contribution in [-0.2, 0) is 0 Å². The minimum Gasteiger partial charge on any atom is -0.0625 e. The van der Waals surface area contributed by atoms with Crippen molar-refractivity contribution >= 4 is 0 Å². The molecule has 0 aliphatic rings. The van der Waals surface area contributed by atoms with Gasteiger partial charge in [-0.05, 0) is 24.2 Å². The summed E-state index contributed by atoms with van der Waals surface area (Å²) in [5.41, 5.74) is 0. The maximum Gasteiger partial charge on any atom is -0.0389 e. The molecule has 0 aliphatic carbocycles. The Morgan fingerprint density at radius 3 is 0.500 bits per heavy atom. The molecule has 3 atom stereocenters. The molecule has 0 amide bonds. The van der Waals surface area contributed by atoms with Crippen molar-refractivity contribution in [2.24, 2.45) is 17.8 Å². The Morgan fingerprint density at radius 1 is 0.200 bits per heavy atom. The summed E-state index contributed by atoms with van der Waals surface area (Å²) in [5, 5.41) is 0. The van der Waals surface area contributed by atoms with Crippen LogP contribution in [0.4, 0.5) is 0 Å². The van der Waals surface area contributed by atoms with Crippen LogP contribution in [0.3, 0.4) is 0 Å². The standard InChI is InChI=1S/C70H140/c1-6-8-9-10-11-12-13-14-15-16-17-18-19-26-29-32-35-38-41-44-47-50-53-56-59-63-69(4)64-60-57-54-51-48-45-42-39-36-33-30-27-24-22-20-21-23-25-28-31-34-37-40-43-46-49-52-55-58-61-65-70(5)67-62-66-68(3)7-2/h7,68-70H,1,6,8-67H2,2-5H3. The fraction of sp³-hybridized carbons (Fsp3) is 0.971. The van der Waals surface area contributed by atoms with Crippen molar-refractivity contribution in [3.8, 4) is 0 Å². The molecule has 0 fully saturated rings. The van der Waals surface area contributed by atoms with E-state index in [0.29, 0.717) is 0 Å². The monoisotopic (exact) mass is 981 g/mol. The first-order valence-electron chi connectivity index (χ1n) is 34.2. The van der Waals surface area contributed by atoms with Crippen LogP contribution in [0, 0.1) is 31.1 Å². The van der Waals surface area contributed by atoms with Crippen molar-refractivity contribution in [1.82, 2.24) is 0 Å². The Bertz CT molecular complexity index is 873. The SMILES string of the molecule is [CH2]CCCCCCCCCCCCCCCCCCCCCCCCCCC(C)CCCCCCCCCCCCCCCCCCCCCCCCCCCCCCCCC(C)CCCC(C)[CH]C. The van der Waals surface area contributed by atoms with Crippen LogP contribution in [0.25, 0.3) is 0 Å². The lowest BCUT2D eigenvalue weighted by Crippen LogP contribution is -1.98. The van der Waals surface area contributed by atoms with Gasteiger partial charge in [-0.15, -0.1) is 0 Å². The summed E-state index contributed by atoms with van der Waals surface area (Å²) >= 11 is 0. The third-order valence-electron chi connectivity index (χ3n) is 17.3. The Kier molecular flexibility index (Phi) is 63.3. The van der Waals surface area contributed by atoms with Crippen LogP contribution in [-0.4, -0.2) is 0 Å². The van der Waals surface area contributed by atoms with Crippen molar-refractivity contribution < 1.29 is 0 Å². The number of rotatable bonds is 64. The molecular weight excluding hydrogens is 841 g/mol. The molecule has 420 valence electrons. The Balaban J connectivity index is 3.16. The first-order valence-corrected chi connectivity index (χ1v) is 34.2. The average Bonchev–Trinajstić information content (AvgIpc) is 3.36. The Hall–Kier alpha value is 0. The van der Waals surface area contributed by atoms with Crippen molar-refractivity contribution in [2.45, 2.75) is 419 Å². The van der Waals surface area contributed by atoms with Gasteiger partial charge in [0.2, 0.25) is 0 Å². The molecule has 0 aromatic carbocycles. The number of unbranched alkanes of at least 4 members (excludes halogenated alkanes) is 53. The summed E-state index contributed by atoms with van der Waals surface area (Å²) in [6.45, 7) is 13.5.